The predicted molar refractivity (Wildman–Crippen MR) is 80.3 cm³/mol. The highest BCUT2D eigenvalue weighted by atomic mass is 35.5. The molecule has 1 aromatic rings. The summed E-state index contributed by atoms with van der Waals surface area (Å²) in [6, 6.07) is 4.76. The molecule has 0 radical (unpaired) electrons. The molecular formula is C13H19ClN2O3S. The van der Waals surface area contributed by atoms with Gasteiger partial charge in [-0.3, -0.25) is 4.79 Å². The first-order valence-corrected chi connectivity index (χ1v) is 8.09. The molecule has 20 heavy (non-hydrogen) atoms. The van der Waals surface area contributed by atoms with E-state index in [0.717, 1.165) is 31.3 Å². The molecule has 2 N–H and O–H groups in total. The smallest absolute Gasteiger partial charge is 0.251 e. The average Bonchev–Trinajstić information content (AvgIpc) is 2.80. The number of hydrogen-bond donors (Lipinski definition) is 2. The Morgan fingerprint density at radius 3 is 2.65 bits per heavy atom. The SMILES string of the molecule is Cc1ccc(S(C)(=O)=O)cc1C(=O)NC1CCNC1.Cl. The summed E-state index contributed by atoms with van der Waals surface area (Å²) in [5.41, 5.74) is 1.20. The Hall–Kier alpha value is -1.11. The fourth-order valence-corrected chi connectivity index (χ4v) is 2.76. The van der Waals surface area contributed by atoms with E-state index in [-0.39, 0.29) is 29.3 Å². The van der Waals surface area contributed by atoms with Crippen molar-refractivity contribution in [3.8, 4) is 0 Å². The van der Waals surface area contributed by atoms with Crippen LogP contribution in [0.3, 0.4) is 0 Å². The van der Waals surface area contributed by atoms with E-state index in [1.54, 1.807) is 13.0 Å². The third kappa shape index (κ3) is 3.94. The molecule has 7 heteroatoms. The summed E-state index contributed by atoms with van der Waals surface area (Å²) < 4.78 is 23.0. The third-order valence-corrected chi connectivity index (χ3v) is 4.39. The normalized spacial score (nSPS) is 18.4. The van der Waals surface area contributed by atoms with Crippen LogP contribution in [0.25, 0.3) is 0 Å². The lowest BCUT2D eigenvalue weighted by atomic mass is 10.1. The molecule has 1 unspecified atom stereocenters. The van der Waals surface area contributed by atoms with Gasteiger partial charge in [0.1, 0.15) is 0 Å². The van der Waals surface area contributed by atoms with Gasteiger partial charge in [0, 0.05) is 24.4 Å². The van der Waals surface area contributed by atoms with Crippen molar-refractivity contribution in [2.24, 2.45) is 0 Å². The zero-order valence-electron chi connectivity index (χ0n) is 11.5. The van der Waals surface area contributed by atoms with E-state index in [9.17, 15) is 13.2 Å². The van der Waals surface area contributed by atoms with E-state index in [1.807, 2.05) is 0 Å². The Bertz CT molecular complexity index is 596. The standard InChI is InChI=1S/C13H18N2O3S.ClH/c1-9-3-4-11(19(2,17)18)7-12(9)13(16)15-10-5-6-14-8-10;/h3-4,7,10,14H,5-6,8H2,1-2H3,(H,15,16);1H. The van der Waals surface area contributed by atoms with Gasteiger partial charge in [-0.2, -0.15) is 0 Å². The fraction of sp³-hybridized carbons (Fsp3) is 0.462. The molecular weight excluding hydrogens is 300 g/mol. The first-order chi connectivity index (χ1) is 8.88. The Labute approximate surface area is 125 Å². The highest BCUT2D eigenvalue weighted by Gasteiger charge is 2.19. The molecule has 1 aromatic carbocycles. The number of sulfone groups is 1. The van der Waals surface area contributed by atoms with Gasteiger partial charge in [0.2, 0.25) is 0 Å². The van der Waals surface area contributed by atoms with Crippen LogP contribution in [0.15, 0.2) is 23.1 Å². The van der Waals surface area contributed by atoms with Crippen molar-refractivity contribution in [2.45, 2.75) is 24.3 Å². The van der Waals surface area contributed by atoms with Crippen molar-refractivity contribution in [1.29, 1.82) is 0 Å². The van der Waals surface area contributed by atoms with Gasteiger partial charge in [-0.25, -0.2) is 8.42 Å². The van der Waals surface area contributed by atoms with Gasteiger partial charge in [0.05, 0.1) is 4.90 Å². The van der Waals surface area contributed by atoms with E-state index in [2.05, 4.69) is 10.6 Å². The number of benzene rings is 1. The van der Waals surface area contributed by atoms with Crippen LogP contribution in [0.1, 0.15) is 22.3 Å². The van der Waals surface area contributed by atoms with Crippen LogP contribution in [0.2, 0.25) is 0 Å². The number of hydrogen-bond acceptors (Lipinski definition) is 4. The summed E-state index contributed by atoms with van der Waals surface area (Å²) in [7, 11) is -3.30. The van der Waals surface area contributed by atoms with Gasteiger partial charge in [-0.1, -0.05) is 6.07 Å². The molecule has 0 aromatic heterocycles. The topological polar surface area (TPSA) is 75.3 Å². The molecule has 0 aliphatic carbocycles. The van der Waals surface area contributed by atoms with Crippen molar-refractivity contribution >= 4 is 28.2 Å². The molecule has 1 atom stereocenters. The molecule has 112 valence electrons. The van der Waals surface area contributed by atoms with Gasteiger partial charge in [-0.15, -0.1) is 12.4 Å². The van der Waals surface area contributed by atoms with Crippen molar-refractivity contribution in [1.82, 2.24) is 10.6 Å². The zero-order valence-corrected chi connectivity index (χ0v) is 13.1. The number of aryl methyl sites for hydroxylation is 1. The molecule has 0 saturated carbocycles. The number of amides is 1. The summed E-state index contributed by atoms with van der Waals surface area (Å²) in [6.07, 6.45) is 2.04. The summed E-state index contributed by atoms with van der Waals surface area (Å²) in [5.74, 6) is -0.211. The van der Waals surface area contributed by atoms with Gasteiger partial charge in [0.25, 0.3) is 5.91 Å². The van der Waals surface area contributed by atoms with Gasteiger partial charge in [-0.05, 0) is 37.6 Å². The Balaban J connectivity index is 0.00000200. The Morgan fingerprint density at radius 2 is 2.10 bits per heavy atom. The summed E-state index contributed by atoms with van der Waals surface area (Å²) in [4.78, 5) is 12.3. The summed E-state index contributed by atoms with van der Waals surface area (Å²) >= 11 is 0. The monoisotopic (exact) mass is 318 g/mol. The first-order valence-electron chi connectivity index (χ1n) is 6.20. The lowest BCUT2D eigenvalue weighted by molar-refractivity contribution is 0.0939. The highest BCUT2D eigenvalue weighted by molar-refractivity contribution is 7.90. The number of nitrogens with one attached hydrogen (secondary N) is 2. The molecule has 1 saturated heterocycles. The largest absolute Gasteiger partial charge is 0.348 e. The van der Waals surface area contributed by atoms with Gasteiger partial charge in [0.15, 0.2) is 9.84 Å². The maximum Gasteiger partial charge on any atom is 0.251 e. The second-order valence-corrected chi connectivity index (χ2v) is 6.93. The second-order valence-electron chi connectivity index (χ2n) is 4.91. The maximum absolute atomic E-state index is 12.2. The molecule has 1 amide bonds. The van der Waals surface area contributed by atoms with Crippen LogP contribution in [0.4, 0.5) is 0 Å². The van der Waals surface area contributed by atoms with Crippen LogP contribution in [0.5, 0.6) is 0 Å². The minimum Gasteiger partial charge on any atom is -0.348 e. The van der Waals surface area contributed by atoms with Crippen molar-refractivity contribution < 1.29 is 13.2 Å². The lowest BCUT2D eigenvalue weighted by Gasteiger charge is -2.13. The van der Waals surface area contributed by atoms with Crippen LogP contribution in [0, 0.1) is 6.92 Å². The average molecular weight is 319 g/mol. The molecule has 0 bridgehead atoms. The number of halogens is 1. The minimum absolute atomic E-state index is 0. The maximum atomic E-state index is 12.2. The molecule has 1 fully saturated rings. The second kappa shape index (κ2) is 6.56. The fourth-order valence-electron chi connectivity index (χ4n) is 2.12. The van der Waals surface area contributed by atoms with Crippen LogP contribution >= 0.6 is 12.4 Å². The van der Waals surface area contributed by atoms with Crippen molar-refractivity contribution in [3.05, 3.63) is 29.3 Å². The summed E-state index contributed by atoms with van der Waals surface area (Å²) in [5, 5.41) is 6.09. The van der Waals surface area contributed by atoms with E-state index < -0.39 is 9.84 Å². The predicted octanol–water partition coefficient (Wildman–Crippen LogP) is 0.912. The van der Waals surface area contributed by atoms with Crippen LogP contribution in [-0.4, -0.2) is 39.7 Å². The molecule has 1 aliphatic heterocycles. The van der Waals surface area contributed by atoms with Crippen molar-refractivity contribution in [3.63, 3.8) is 0 Å². The van der Waals surface area contributed by atoms with Gasteiger partial charge < -0.3 is 10.6 Å². The molecule has 1 aliphatic rings. The van der Waals surface area contributed by atoms with Gasteiger partial charge >= 0.3 is 0 Å². The highest BCUT2D eigenvalue weighted by Crippen LogP contribution is 2.16. The number of carbonyl (C=O) groups excluding carboxylic acids is 1. The zero-order chi connectivity index (χ0) is 14.0. The first kappa shape index (κ1) is 16.9. The minimum atomic E-state index is -3.30. The molecule has 5 nitrogen and oxygen atoms in total. The quantitative estimate of drug-likeness (QED) is 0.868. The van der Waals surface area contributed by atoms with E-state index in [0.29, 0.717) is 5.56 Å². The van der Waals surface area contributed by atoms with Crippen LogP contribution < -0.4 is 10.6 Å². The van der Waals surface area contributed by atoms with E-state index in [1.165, 1.54) is 12.1 Å². The molecule has 0 spiro atoms. The van der Waals surface area contributed by atoms with E-state index in [4.69, 9.17) is 0 Å². The third-order valence-electron chi connectivity index (χ3n) is 3.28. The van der Waals surface area contributed by atoms with Crippen LogP contribution in [-0.2, 0) is 9.84 Å². The van der Waals surface area contributed by atoms with E-state index >= 15 is 0 Å². The Morgan fingerprint density at radius 1 is 1.40 bits per heavy atom. The number of carbonyl (C=O) groups is 1. The number of rotatable bonds is 3. The molecule has 2 rings (SSSR count). The lowest BCUT2D eigenvalue weighted by Crippen LogP contribution is -2.36. The Kier molecular flexibility index (Phi) is 5.56. The van der Waals surface area contributed by atoms with Crippen molar-refractivity contribution in [2.75, 3.05) is 19.3 Å². The summed E-state index contributed by atoms with van der Waals surface area (Å²) in [6.45, 7) is 3.46. The molecule has 1 heterocycles.